The van der Waals surface area contributed by atoms with Crippen molar-refractivity contribution in [3.63, 3.8) is 0 Å². The van der Waals surface area contributed by atoms with Gasteiger partial charge in [0.15, 0.2) is 0 Å². The molecule has 156 valence electrons. The maximum Gasteiger partial charge on any atom is 0.303 e. The number of aliphatic hydroxyl groups is 1. The van der Waals surface area contributed by atoms with Gasteiger partial charge in [0.05, 0.1) is 6.10 Å². The average Bonchev–Trinajstić information content (AvgIpc) is 3.02. The highest BCUT2D eigenvalue weighted by molar-refractivity contribution is 8.00. The maximum atomic E-state index is 12.3. The lowest BCUT2D eigenvalue weighted by Crippen LogP contribution is -2.36. The van der Waals surface area contributed by atoms with Gasteiger partial charge in [-0.1, -0.05) is 63.4 Å². The molecule has 0 heterocycles. The van der Waals surface area contributed by atoms with Crippen LogP contribution in [0.3, 0.4) is 0 Å². The number of benzene rings is 1. The second-order valence-corrected chi connectivity index (χ2v) is 9.71. The lowest BCUT2D eigenvalue weighted by Gasteiger charge is -2.32. The molecule has 2 N–H and O–H groups in total. The molecule has 2 rings (SSSR count). The van der Waals surface area contributed by atoms with Crippen LogP contribution in [0.15, 0.2) is 30.3 Å². The minimum Gasteiger partial charge on any atom is -0.481 e. The molecule has 0 bridgehead atoms. The molecule has 4 nitrogen and oxygen atoms in total. The third kappa shape index (κ3) is 6.63. The van der Waals surface area contributed by atoms with Crippen LogP contribution >= 0.6 is 11.8 Å². The lowest BCUT2D eigenvalue weighted by atomic mass is 9.80. The van der Waals surface area contributed by atoms with Gasteiger partial charge in [0.25, 0.3) is 0 Å². The van der Waals surface area contributed by atoms with Crippen molar-refractivity contribution in [3.05, 3.63) is 35.9 Å². The fourth-order valence-corrected chi connectivity index (χ4v) is 5.55. The maximum absolute atomic E-state index is 12.3. The Labute approximate surface area is 173 Å². The van der Waals surface area contributed by atoms with Crippen molar-refractivity contribution in [2.75, 3.05) is 5.75 Å². The molecule has 0 amide bonds. The number of unbranched alkanes of at least 4 members (excludes halogenated alkanes) is 3. The summed E-state index contributed by atoms with van der Waals surface area (Å²) >= 11 is 1.75. The number of carbonyl (C=O) groups excluding carboxylic acids is 1. The number of ketones is 1. The summed E-state index contributed by atoms with van der Waals surface area (Å²) in [5, 5.41) is 19.8. The molecule has 0 aromatic heterocycles. The molecule has 0 spiro atoms. The highest BCUT2D eigenvalue weighted by Crippen LogP contribution is 2.38. The number of carbonyl (C=O) groups is 2. The van der Waals surface area contributed by atoms with Crippen LogP contribution in [-0.4, -0.2) is 39.1 Å². The van der Waals surface area contributed by atoms with Crippen molar-refractivity contribution in [3.8, 4) is 0 Å². The lowest BCUT2D eigenvalue weighted by molar-refractivity contribution is -0.137. The van der Waals surface area contributed by atoms with E-state index < -0.39 is 12.1 Å². The molecule has 1 aliphatic carbocycles. The zero-order valence-corrected chi connectivity index (χ0v) is 17.9. The van der Waals surface area contributed by atoms with E-state index in [1.54, 1.807) is 11.8 Å². The van der Waals surface area contributed by atoms with Gasteiger partial charge >= 0.3 is 5.97 Å². The largest absolute Gasteiger partial charge is 0.481 e. The Morgan fingerprint density at radius 2 is 1.86 bits per heavy atom. The Bertz CT molecular complexity index is 629. The minimum absolute atomic E-state index is 0.0940. The third-order valence-electron chi connectivity index (χ3n) is 6.01. The van der Waals surface area contributed by atoms with Crippen molar-refractivity contribution in [1.29, 1.82) is 0 Å². The highest BCUT2D eigenvalue weighted by Gasteiger charge is 2.36. The normalized spacial score (nSPS) is 21.0. The Kier molecular flexibility index (Phi) is 9.03. The van der Waals surface area contributed by atoms with Gasteiger partial charge in [-0.25, -0.2) is 0 Å². The predicted octanol–water partition coefficient (Wildman–Crippen LogP) is 4.83. The van der Waals surface area contributed by atoms with Gasteiger partial charge in [0.2, 0.25) is 0 Å². The Morgan fingerprint density at radius 1 is 1.18 bits per heavy atom. The van der Waals surface area contributed by atoms with E-state index in [9.17, 15) is 14.7 Å². The second-order valence-electron chi connectivity index (χ2n) is 8.43. The topological polar surface area (TPSA) is 74.6 Å². The van der Waals surface area contributed by atoms with Crippen LogP contribution in [0.5, 0.6) is 0 Å². The summed E-state index contributed by atoms with van der Waals surface area (Å²) < 4.78 is 0. The van der Waals surface area contributed by atoms with E-state index in [0.717, 1.165) is 37.7 Å². The van der Waals surface area contributed by atoms with E-state index in [1.807, 2.05) is 18.2 Å². The highest BCUT2D eigenvalue weighted by atomic mass is 32.2. The van der Waals surface area contributed by atoms with E-state index in [-0.39, 0.29) is 17.8 Å². The zero-order chi connectivity index (χ0) is 20.6. The number of Topliss-reactive ketones (excluding diaryl/α,β-unsaturated/α-hetero) is 1. The van der Waals surface area contributed by atoms with E-state index in [0.29, 0.717) is 29.6 Å². The van der Waals surface area contributed by atoms with E-state index in [4.69, 9.17) is 5.11 Å². The number of carboxylic acid groups (broad SMARTS) is 1. The first kappa shape index (κ1) is 23.0. The molecule has 1 aliphatic rings. The zero-order valence-electron chi connectivity index (χ0n) is 17.1. The van der Waals surface area contributed by atoms with Crippen molar-refractivity contribution >= 4 is 23.5 Å². The summed E-state index contributed by atoms with van der Waals surface area (Å²) in [7, 11) is 0. The summed E-state index contributed by atoms with van der Waals surface area (Å²) in [5.41, 5.74) is 0.805. The quantitative estimate of drug-likeness (QED) is 0.486. The second kappa shape index (κ2) is 11.0. The molecule has 28 heavy (non-hydrogen) atoms. The van der Waals surface area contributed by atoms with Gasteiger partial charge in [0.1, 0.15) is 5.78 Å². The molecule has 1 saturated carbocycles. The van der Waals surface area contributed by atoms with Crippen LogP contribution in [0.4, 0.5) is 0 Å². The van der Waals surface area contributed by atoms with Crippen molar-refractivity contribution in [1.82, 2.24) is 0 Å². The van der Waals surface area contributed by atoms with Crippen LogP contribution in [0.1, 0.15) is 70.8 Å². The van der Waals surface area contributed by atoms with Crippen molar-refractivity contribution in [2.45, 2.75) is 82.0 Å². The van der Waals surface area contributed by atoms with Crippen molar-refractivity contribution < 1.29 is 19.8 Å². The van der Waals surface area contributed by atoms with Gasteiger partial charge in [-0.2, -0.15) is 11.8 Å². The van der Waals surface area contributed by atoms with Crippen LogP contribution < -0.4 is 0 Å². The molecule has 5 heteroatoms. The van der Waals surface area contributed by atoms with Gasteiger partial charge < -0.3 is 10.2 Å². The molecule has 3 unspecified atom stereocenters. The summed E-state index contributed by atoms with van der Waals surface area (Å²) in [6.45, 7) is 4.14. The van der Waals surface area contributed by atoms with Gasteiger partial charge in [-0.05, 0) is 24.8 Å². The molecular weight excluding hydrogens is 372 g/mol. The molecule has 1 aromatic carbocycles. The molecule has 0 radical (unpaired) electrons. The van der Waals surface area contributed by atoms with E-state index >= 15 is 0 Å². The van der Waals surface area contributed by atoms with E-state index in [1.165, 1.54) is 0 Å². The summed E-state index contributed by atoms with van der Waals surface area (Å²) in [6, 6.07) is 10.1. The van der Waals surface area contributed by atoms with Crippen molar-refractivity contribution in [2.24, 2.45) is 5.92 Å². The minimum atomic E-state index is -0.737. The number of hydrogen-bond donors (Lipinski definition) is 2. The SMILES string of the molecule is CC(C)(c1ccccc1)C(O)CSC1CCC(=O)C1CCCCCCC(=O)O. The first-order valence-electron chi connectivity index (χ1n) is 10.4. The number of thioether (sulfide) groups is 1. The first-order chi connectivity index (χ1) is 13.3. The monoisotopic (exact) mass is 406 g/mol. The number of aliphatic carboxylic acids is 1. The number of aliphatic hydroxyl groups excluding tert-OH is 1. The average molecular weight is 407 g/mol. The third-order valence-corrected chi connectivity index (χ3v) is 7.51. The van der Waals surface area contributed by atoms with Crippen LogP contribution in [0, 0.1) is 5.92 Å². The molecule has 1 aromatic rings. The van der Waals surface area contributed by atoms with Crippen LogP contribution in [0.25, 0.3) is 0 Å². The fourth-order valence-electron chi connectivity index (χ4n) is 3.90. The Balaban J connectivity index is 1.78. The molecular formula is C23H34O4S. The summed E-state index contributed by atoms with van der Waals surface area (Å²) in [6.07, 6.45) is 5.81. The van der Waals surface area contributed by atoms with Crippen LogP contribution in [-0.2, 0) is 15.0 Å². The molecule has 0 aliphatic heterocycles. The van der Waals surface area contributed by atoms with E-state index in [2.05, 4.69) is 26.0 Å². The van der Waals surface area contributed by atoms with Gasteiger partial charge in [-0.3, -0.25) is 9.59 Å². The fraction of sp³-hybridized carbons (Fsp3) is 0.652. The number of hydrogen-bond acceptors (Lipinski definition) is 4. The number of carboxylic acids is 1. The smallest absolute Gasteiger partial charge is 0.303 e. The Hall–Kier alpha value is -1.33. The summed E-state index contributed by atoms with van der Waals surface area (Å²) in [4.78, 5) is 22.9. The van der Waals surface area contributed by atoms with Gasteiger partial charge in [-0.15, -0.1) is 0 Å². The molecule has 0 saturated heterocycles. The van der Waals surface area contributed by atoms with Crippen LogP contribution in [0.2, 0.25) is 0 Å². The van der Waals surface area contributed by atoms with Gasteiger partial charge in [0, 0.05) is 35.2 Å². The molecule has 3 atom stereocenters. The number of rotatable bonds is 12. The standard InChI is InChI=1S/C23H34O4S/c1-23(2,17-10-6-5-7-11-17)21(25)16-28-20-15-14-19(24)18(20)12-8-3-4-9-13-22(26)27/h5-7,10-11,18,20-21,25H,3-4,8-9,12-16H2,1-2H3,(H,26,27). The molecule has 1 fully saturated rings. The summed E-state index contributed by atoms with van der Waals surface area (Å²) in [5.74, 6) is 0.352. The predicted molar refractivity (Wildman–Crippen MR) is 115 cm³/mol. The Morgan fingerprint density at radius 3 is 2.54 bits per heavy atom. The first-order valence-corrected chi connectivity index (χ1v) is 11.5.